The Morgan fingerprint density at radius 3 is 2.89 bits per heavy atom. The highest BCUT2D eigenvalue weighted by Crippen LogP contribution is 2.12. The molecule has 1 amide bonds. The molecule has 5 nitrogen and oxygen atoms in total. The molecular formula is C13H22N4O. The number of rotatable bonds is 7. The molecule has 100 valence electrons. The first kappa shape index (κ1) is 14.4. The van der Waals surface area contributed by atoms with Crippen molar-refractivity contribution in [3.05, 3.63) is 24.0 Å². The van der Waals surface area contributed by atoms with Gasteiger partial charge in [0, 0.05) is 19.3 Å². The summed E-state index contributed by atoms with van der Waals surface area (Å²) < 4.78 is 0. The molecule has 0 spiro atoms. The average molecular weight is 250 g/mol. The van der Waals surface area contributed by atoms with Gasteiger partial charge in [0.1, 0.15) is 0 Å². The molecule has 0 aliphatic carbocycles. The van der Waals surface area contributed by atoms with E-state index in [0.29, 0.717) is 12.1 Å². The number of hydrogen-bond donors (Lipinski definition) is 2. The second-order valence-electron chi connectivity index (χ2n) is 4.36. The highest BCUT2D eigenvalue weighted by molar-refractivity contribution is 5.99. The Labute approximate surface area is 109 Å². The van der Waals surface area contributed by atoms with Crippen LogP contribution >= 0.6 is 0 Å². The smallest absolute Gasteiger partial charge is 0.253 e. The van der Waals surface area contributed by atoms with Crippen LogP contribution in [0.5, 0.6) is 0 Å². The quantitative estimate of drug-likeness (QED) is 0.714. The Hall–Kier alpha value is -1.62. The third-order valence-electron chi connectivity index (χ3n) is 2.50. The summed E-state index contributed by atoms with van der Waals surface area (Å²) in [5.41, 5.74) is 1.43. The Kier molecular flexibility index (Phi) is 6.14. The van der Waals surface area contributed by atoms with E-state index in [4.69, 9.17) is 0 Å². The van der Waals surface area contributed by atoms with E-state index in [1.165, 1.54) is 0 Å². The molecule has 2 N–H and O–H groups in total. The SMILES string of the molecule is CCNc1cnccc1C(=O)NCCCN(C)C. The number of nitrogens with zero attached hydrogens (tertiary/aromatic N) is 2. The van der Waals surface area contributed by atoms with E-state index in [0.717, 1.165) is 25.2 Å². The van der Waals surface area contributed by atoms with Gasteiger partial charge < -0.3 is 15.5 Å². The van der Waals surface area contributed by atoms with Crippen LogP contribution in [-0.2, 0) is 0 Å². The molecule has 1 heterocycles. The largest absolute Gasteiger partial charge is 0.383 e. The van der Waals surface area contributed by atoms with Gasteiger partial charge in [-0.25, -0.2) is 0 Å². The summed E-state index contributed by atoms with van der Waals surface area (Å²) in [5.74, 6) is -0.0490. The van der Waals surface area contributed by atoms with Gasteiger partial charge >= 0.3 is 0 Å². The molecule has 0 aromatic carbocycles. The van der Waals surface area contributed by atoms with Gasteiger partial charge in [-0.15, -0.1) is 0 Å². The van der Waals surface area contributed by atoms with Crippen molar-refractivity contribution in [2.24, 2.45) is 0 Å². The van der Waals surface area contributed by atoms with Gasteiger partial charge in [-0.05, 0) is 40.1 Å². The van der Waals surface area contributed by atoms with Crippen molar-refractivity contribution in [3.63, 3.8) is 0 Å². The van der Waals surface area contributed by atoms with Crippen molar-refractivity contribution in [2.75, 3.05) is 39.0 Å². The number of nitrogens with one attached hydrogen (secondary N) is 2. The fraction of sp³-hybridized carbons (Fsp3) is 0.538. The lowest BCUT2D eigenvalue weighted by Crippen LogP contribution is -2.27. The summed E-state index contributed by atoms with van der Waals surface area (Å²) >= 11 is 0. The van der Waals surface area contributed by atoms with E-state index in [2.05, 4.69) is 20.5 Å². The molecule has 0 saturated heterocycles. The van der Waals surface area contributed by atoms with Crippen LogP contribution in [0.1, 0.15) is 23.7 Å². The van der Waals surface area contributed by atoms with Crippen LogP contribution in [0.4, 0.5) is 5.69 Å². The van der Waals surface area contributed by atoms with E-state index in [-0.39, 0.29) is 5.91 Å². The third-order valence-corrected chi connectivity index (χ3v) is 2.50. The standard InChI is InChI=1S/C13H22N4O/c1-4-15-12-10-14-8-6-11(12)13(18)16-7-5-9-17(2)3/h6,8,10,15H,4-5,7,9H2,1-3H3,(H,16,18). The first-order valence-corrected chi connectivity index (χ1v) is 6.26. The summed E-state index contributed by atoms with van der Waals surface area (Å²) in [6, 6.07) is 1.74. The highest BCUT2D eigenvalue weighted by atomic mass is 16.1. The van der Waals surface area contributed by atoms with Gasteiger partial charge in [-0.1, -0.05) is 0 Å². The molecule has 1 aromatic rings. The van der Waals surface area contributed by atoms with Gasteiger partial charge in [0.2, 0.25) is 0 Å². The number of carbonyl (C=O) groups excluding carboxylic acids is 1. The monoisotopic (exact) mass is 250 g/mol. The molecule has 0 radical (unpaired) electrons. The van der Waals surface area contributed by atoms with Crippen LogP contribution in [0.25, 0.3) is 0 Å². The lowest BCUT2D eigenvalue weighted by molar-refractivity contribution is 0.0953. The molecule has 1 aromatic heterocycles. The minimum atomic E-state index is -0.0490. The maximum absolute atomic E-state index is 12.0. The predicted octanol–water partition coefficient (Wildman–Crippen LogP) is 1.19. The number of hydrogen-bond acceptors (Lipinski definition) is 4. The van der Waals surface area contributed by atoms with Crippen molar-refractivity contribution in [1.82, 2.24) is 15.2 Å². The summed E-state index contributed by atoms with van der Waals surface area (Å²) in [6.07, 6.45) is 4.26. The van der Waals surface area contributed by atoms with Gasteiger partial charge in [0.15, 0.2) is 0 Å². The maximum atomic E-state index is 12.0. The van der Waals surface area contributed by atoms with Crippen molar-refractivity contribution in [3.8, 4) is 0 Å². The number of aromatic nitrogens is 1. The van der Waals surface area contributed by atoms with Crippen molar-refractivity contribution < 1.29 is 4.79 Å². The summed E-state index contributed by atoms with van der Waals surface area (Å²) in [7, 11) is 4.04. The average Bonchev–Trinajstić information content (AvgIpc) is 2.35. The van der Waals surface area contributed by atoms with E-state index in [1.807, 2.05) is 21.0 Å². The molecule has 1 rings (SSSR count). The zero-order valence-electron chi connectivity index (χ0n) is 11.4. The second-order valence-corrected chi connectivity index (χ2v) is 4.36. The first-order valence-electron chi connectivity index (χ1n) is 6.26. The van der Waals surface area contributed by atoms with Crippen LogP contribution in [0, 0.1) is 0 Å². The van der Waals surface area contributed by atoms with Crippen LogP contribution in [0.3, 0.4) is 0 Å². The maximum Gasteiger partial charge on any atom is 0.253 e. The van der Waals surface area contributed by atoms with E-state index < -0.39 is 0 Å². The highest BCUT2D eigenvalue weighted by Gasteiger charge is 2.09. The van der Waals surface area contributed by atoms with E-state index in [1.54, 1.807) is 18.5 Å². The van der Waals surface area contributed by atoms with Crippen molar-refractivity contribution in [1.29, 1.82) is 0 Å². The molecule has 0 saturated carbocycles. The van der Waals surface area contributed by atoms with E-state index in [9.17, 15) is 4.79 Å². The number of amides is 1. The predicted molar refractivity (Wildman–Crippen MR) is 73.9 cm³/mol. The summed E-state index contributed by atoms with van der Waals surface area (Å²) in [4.78, 5) is 18.1. The molecule has 18 heavy (non-hydrogen) atoms. The Morgan fingerprint density at radius 1 is 1.44 bits per heavy atom. The Bertz CT molecular complexity index is 379. The van der Waals surface area contributed by atoms with Gasteiger partial charge in [-0.2, -0.15) is 0 Å². The van der Waals surface area contributed by atoms with Crippen LogP contribution in [0.15, 0.2) is 18.5 Å². The van der Waals surface area contributed by atoms with E-state index >= 15 is 0 Å². The number of anilines is 1. The Morgan fingerprint density at radius 2 is 2.22 bits per heavy atom. The van der Waals surface area contributed by atoms with Crippen LogP contribution in [-0.4, -0.2) is 49.5 Å². The fourth-order valence-electron chi connectivity index (χ4n) is 1.62. The van der Waals surface area contributed by atoms with Crippen molar-refractivity contribution in [2.45, 2.75) is 13.3 Å². The molecule has 0 fully saturated rings. The molecule has 0 aliphatic rings. The molecular weight excluding hydrogens is 228 g/mol. The first-order chi connectivity index (χ1) is 8.65. The van der Waals surface area contributed by atoms with Gasteiger partial charge in [-0.3, -0.25) is 9.78 Å². The number of pyridine rings is 1. The van der Waals surface area contributed by atoms with Crippen LogP contribution < -0.4 is 10.6 Å². The zero-order chi connectivity index (χ0) is 13.4. The van der Waals surface area contributed by atoms with Crippen LogP contribution in [0.2, 0.25) is 0 Å². The third kappa shape index (κ3) is 4.71. The van der Waals surface area contributed by atoms with Crippen molar-refractivity contribution >= 4 is 11.6 Å². The second kappa shape index (κ2) is 7.66. The molecule has 0 bridgehead atoms. The lowest BCUT2D eigenvalue weighted by Gasteiger charge is -2.12. The van der Waals surface area contributed by atoms with Gasteiger partial charge in [0.05, 0.1) is 17.4 Å². The molecule has 0 atom stereocenters. The topological polar surface area (TPSA) is 57.3 Å². The minimum Gasteiger partial charge on any atom is -0.383 e. The minimum absolute atomic E-state index is 0.0490. The lowest BCUT2D eigenvalue weighted by atomic mass is 10.2. The summed E-state index contributed by atoms with van der Waals surface area (Å²) in [6.45, 7) is 4.42. The van der Waals surface area contributed by atoms with Gasteiger partial charge in [0.25, 0.3) is 5.91 Å². The molecule has 0 unspecified atom stereocenters. The normalized spacial score (nSPS) is 10.4. The molecule has 5 heteroatoms. The number of carbonyl (C=O) groups is 1. The molecule has 0 aliphatic heterocycles. The fourth-order valence-corrected chi connectivity index (χ4v) is 1.62. The Balaban J connectivity index is 2.50. The zero-order valence-corrected chi connectivity index (χ0v) is 11.4. The summed E-state index contributed by atoms with van der Waals surface area (Å²) in [5, 5.41) is 6.05.